The zero-order chi connectivity index (χ0) is 10.1. The zero-order valence-corrected chi connectivity index (χ0v) is 9.47. The maximum atomic E-state index is 2.35. The molecule has 0 aromatic heterocycles. The summed E-state index contributed by atoms with van der Waals surface area (Å²) in [7, 11) is 0. The minimum atomic E-state index is 0.701. The number of hydrogen-bond acceptors (Lipinski definition) is 0. The lowest BCUT2D eigenvalue weighted by Crippen LogP contribution is -2.31. The highest BCUT2D eigenvalue weighted by atomic mass is 14.4. The number of hydrogen-bond donors (Lipinski definition) is 0. The van der Waals surface area contributed by atoms with Gasteiger partial charge in [-0.15, -0.1) is 0 Å². The predicted octanol–water partition coefficient (Wildman–Crippen LogP) is 4.13. The molecule has 0 nitrogen and oxygen atoms in total. The molecule has 0 bridgehead atoms. The van der Waals surface area contributed by atoms with Crippen LogP contribution in [0, 0.1) is 5.41 Å². The van der Waals surface area contributed by atoms with Gasteiger partial charge in [-0.2, -0.15) is 0 Å². The van der Waals surface area contributed by atoms with Crippen molar-refractivity contribution in [1.82, 2.24) is 0 Å². The van der Waals surface area contributed by atoms with Crippen LogP contribution in [0.15, 0.2) is 24.3 Å². The second-order valence-corrected chi connectivity index (χ2v) is 5.51. The van der Waals surface area contributed by atoms with Gasteiger partial charge >= 0.3 is 0 Å². The van der Waals surface area contributed by atoms with Crippen molar-refractivity contribution in [3.63, 3.8) is 0 Å². The normalized spacial score (nSPS) is 23.7. The van der Waals surface area contributed by atoms with Gasteiger partial charge < -0.3 is 0 Å². The van der Waals surface area contributed by atoms with Crippen molar-refractivity contribution in [1.29, 1.82) is 0 Å². The van der Waals surface area contributed by atoms with E-state index in [4.69, 9.17) is 0 Å². The van der Waals surface area contributed by atoms with Crippen LogP contribution in [0.25, 0.3) is 0 Å². The predicted molar refractivity (Wildman–Crippen MR) is 64.0 cm³/mol. The van der Waals surface area contributed by atoms with Gasteiger partial charge in [0.25, 0.3) is 0 Å². The van der Waals surface area contributed by atoms with Crippen molar-refractivity contribution < 1.29 is 0 Å². The molecule has 80 valence electrons. The van der Waals surface area contributed by atoms with Crippen molar-refractivity contribution in [2.75, 3.05) is 0 Å². The van der Waals surface area contributed by atoms with Crippen molar-refractivity contribution in [2.24, 2.45) is 5.41 Å². The second kappa shape index (κ2) is 3.66. The van der Waals surface area contributed by atoms with Gasteiger partial charge in [-0.3, -0.25) is 0 Å². The molecule has 0 heteroatoms. The first-order valence-electron chi connectivity index (χ1n) is 6.45. The summed E-state index contributed by atoms with van der Waals surface area (Å²) in [5.41, 5.74) is 3.96. The van der Waals surface area contributed by atoms with Gasteiger partial charge in [-0.1, -0.05) is 43.5 Å². The van der Waals surface area contributed by atoms with E-state index in [9.17, 15) is 0 Å². The summed E-state index contributed by atoms with van der Waals surface area (Å²) in [6.45, 7) is 0. The largest absolute Gasteiger partial charge is 0.0620 e. The maximum Gasteiger partial charge on any atom is -0.0219 e. The Morgan fingerprint density at radius 1 is 0.800 bits per heavy atom. The van der Waals surface area contributed by atoms with Gasteiger partial charge in [-0.05, 0) is 48.6 Å². The molecule has 0 aliphatic heterocycles. The molecule has 0 radical (unpaired) electrons. The van der Waals surface area contributed by atoms with E-state index in [0.717, 1.165) is 0 Å². The Hall–Kier alpha value is -0.780. The van der Waals surface area contributed by atoms with E-state index < -0.39 is 0 Å². The zero-order valence-electron chi connectivity index (χ0n) is 9.47. The van der Waals surface area contributed by atoms with Crippen LogP contribution in [-0.2, 0) is 12.8 Å². The van der Waals surface area contributed by atoms with Crippen molar-refractivity contribution in [3.8, 4) is 0 Å². The van der Waals surface area contributed by atoms with E-state index in [1.807, 2.05) is 0 Å². The summed E-state index contributed by atoms with van der Waals surface area (Å²) in [6, 6.07) is 9.08. The molecule has 0 heterocycles. The lowest BCUT2D eigenvalue weighted by atomic mass is 9.64. The fraction of sp³-hybridized carbons (Fsp3) is 0.600. The highest BCUT2D eigenvalue weighted by Gasteiger charge is 2.34. The fourth-order valence-corrected chi connectivity index (χ4v) is 3.59. The van der Waals surface area contributed by atoms with Crippen LogP contribution >= 0.6 is 0 Å². The van der Waals surface area contributed by atoms with Gasteiger partial charge in [-0.25, -0.2) is 0 Å². The number of benzene rings is 1. The number of fused-ring (bicyclic) bond motifs is 1. The molecular formula is C15H20. The molecule has 0 amide bonds. The van der Waals surface area contributed by atoms with Gasteiger partial charge in [0.15, 0.2) is 0 Å². The summed E-state index contributed by atoms with van der Waals surface area (Å²) < 4.78 is 0. The fourth-order valence-electron chi connectivity index (χ4n) is 3.59. The molecular weight excluding hydrogens is 180 g/mol. The van der Waals surface area contributed by atoms with Crippen LogP contribution in [0.5, 0.6) is 0 Å². The Morgan fingerprint density at radius 2 is 1.53 bits per heavy atom. The summed E-state index contributed by atoms with van der Waals surface area (Å²) >= 11 is 0. The Balaban J connectivity index is 1.87. The maximum absolute atomic E-state index is 2.35. The van der Waals surface area contributed by atoms with Gasteiger partial charge in [0, 0.05) is 0 Å². The van der Waals surface area contributed by atoms with Crippen molar-refractivity contribution in [2.45, 2.75) is 51.4 Å². The third-order valence-electron chi connectivity index (χ3n) is 4.52. The average molecular weight is 200 g/mol. The van der Waals surface area contributed by atoms with Crippen LogP contribution in [0.1, 0.15) is 49.7 Å². The molecule has 2 aliphatic rings. The lowest BCUT2D eigenvalue weighted by molar-refractivity contribution is 0.162. The number of rotatable bonds is 0. The smallest absolute Gasteiger partial charge is 0.0219 e. The minimum Gasteiger partial charge on any atom is -0.0620 e. The highest BCUT2D eigenvalue weighted by Crippen LogP contribution is 2.46. The van der Waals surface area contributed by atoms with E-state index in [0.29, 0.717) is 5.41 Å². The molecule has 1 fully saturated rings. The molecule has 1 aromatic rings. The van der Waals surface area contributed by atoms with Gasteiger partial charge in [0.1, 0.15) is 0 Å². The molecule has 3 rings (SSSR count). The van der Waals surface area contributed by atoms with E-state index in [-0.39, 0.29) is 0 Å². The van der Waals surface area contributed by atoms with E-state index in [2.05, 4.69) is 24.3 Å². The topological polar surface area (TPSA) is 0 Å². The molecule has 1 saturated carbocycles. The van der Waals surface area contributed by atoms with Gasteiger partial charge in [0.2, 0.25) is 0 Å². The molecule has 0 saturated heterocycles. The Kier molecular flexibility index (Phi) is 2.31. The van der Waals surface area contributed by atoms with Crippen molar-refractivity contribution >= 4 is 0 Å². The Morgan fingerprint density at radius 3 is 2.33 bits per heavy atom. The van der Waals surface area contributed by atoms with E-state index in [1.165, 1.54) is 51.4 Å². The van der Waals surface area contributed by atoms with Crippen LogP contribution in [-0.4, -0.2) is 0 Å². The first-order valence-corrected chi connectivity index (χ1v) is 6.45. The third-order valence-corrected chi connectivity index (χ3v) is 4.52. The quantitative estimate of drug-likeness (QED) is 0.591. The molecule has 2 aliphatic carbocycles. The Bertz CT molecular complexity index is 345. The minimum absolute atomic E-state index is 0.701. The molecule has 0 unspecified atom stereocenters. The molecule has 0 atom stereocenters. The van der Waals surface area contributed by atoms with Crippen LogP contribution in [0.2, 0.25) is 0 Å². The SMILES string of the molecule is c1ccc2c(c1)CCC1(CCCCC1)C2. The van der Waals surface area contributed by atoms with E-state index >= 15 is 0 Å². The summed E-state index contributed by atoms with van der Waals surface area (Å²) in [5, 5.41) is 0. The standard InChI is InChI=1S/C15H20/c1-4-9-15(10-5-1)11-8-13-6-2-3-7-14(13)12-15/h2-3,6-7H,1,4-5,8-12H2. The van der Waals surface area contributed by atoms with Gasteiger partial charge in [0.05, 0.1) is 0 Å². The first-order chi connectivity index (χ1) is 7.38. The van der Waals surface area contributed by atoms with Crippen LogP contribution in [0.3, 0.4) is 0 Å². The van der Waals surface area contributed by atoms with Crippen LogP contribution < -0.4 is 0 Å². The molecule has 1 spiro atoms. The third kappa shape index (κ3) is 1.71. The molecule has 1 aromatic carbocycles. The molecule has 15 heavy (non-hydrogen) atoms. The van der Waals surface area contributed by atoms with Crippen molar-refractivity contribution in [3.05, 3.63) is 35.4 Å². The monoisotopic (exact) mass is 200 g/mol. The average Bonchev–Trinajstić information content (AvgIpc) is 2.30. The first kappa shape index (κ1) is 9.45. The highest BCUT2D eigenvalue weighted by molar-refractivity contribution is 5.31. The second-order valence-electron chi connectivity index (χ2n) is 5.51. The summed E-state index contributed by atoms with van der Waals surface area (Å²) in [5.74, 6) is 0. The lowest BCUT2D eigenvalue weighted by Gasteiger charge is -2.41. The molecule has 0 N–H and O–H groups in total. The number of aryl methyl sites for hydroxylation is 1. The van der Waals surface area contributed by atoms with E-state index in [1.54, 1.807) is 11.1 Å². The summed E-state index contributed by atoms with van der Waals surface area (Å²) in [4.78, 5) is 0. The Labute approximate surface area is 92.7 Å². The summed E-state index contributed by atoms with van der Waals surface area (Å²) in [6.07, 6.45) is 11.5. The van der Waals surface area contributed by atoms with Crippen LogP contribution in [0.4, 0.5) is 0 Å².